The van der Waals surface area contributed by atoms with Crippen molar-refractivity contribution < 1.29 is 5.11 Å². The molecule has 0 aliphatic heterocycles. The molecule has 1 nitrogen and oxygen atoms in total. The number of hydrogen-bond acceptors (Lipinski definition) is 1. The monoisotopic (exact) mass is 426 g/mol. The van der Waals surface area contributed by atoms with Gasteiger partial charge in [-0.05, 0) is 87.6 Å². The van der Waals surface area contributed by atoms with Crippen molar-refractivity contribution in [2.75, 3.05) is 0 Å². The summed E-state index contributed by atoms with van der Waals surface area (Å²) in [6, 6.07) is 22.9. The van der Waals surface area contributed by atoms with Gasteiger partial charge >= 0.3 is 0 Å². The molecule has 0 spiro atoms. The molecule has 0 fully saturated rings. The van der Waals surface area contributed by atoms with Crippen molar-refractivity contribution in [2.45, 2.75) is 14.7 Å². The number of benzene rings is 3. The van der Waals surface area contributed by atoms with Gasteiger partial charge in [0.1, 0.15) is 5.75 Å². The van der Waals surface area contributed by atoms with Gasteiger partial charge in [-0.2, -0.15) is 0 Å². The Morgan fingerprint density at radius 3 is 1.26 bits per heavy atom. The van der Waals surface area contributed by atoms with Crippen LogP contribution in [0.3, 0.4) is 0 Å². The van der Waals surface area contributed by atoms with Crippen LogP contribution in [0.5, 0.6) is 5.75 Å². The largest absolute Gasteiger partial charge is 0.508 e. The van der Waals surface area contributed by atoms with Crippen LogP contribution in [0.25, 0.3) is 0 Å². The third-order valence-corrected chi connectivity index (χ3v) is 10.1. The number of rotatable bonds is 3. The zero-order valence-corrected chi connectivity index (χ0v) is 15.8. The molecule has 5 heteroatoms. The highest BCUT2D eigenvalue weighted by Gasteiger charge is 2.28. The Balaban J connectivity index is 2.21. The first-order valence-corrected chi connectivity index (χ1v) is 11.1. The second-order valence-corrected chi connectivity index (χ2v) is 11.2. The highest BCUT2D eigenvalue weighted by Crippen LogP contribution is 2.74. The predicted octanol–water partition coefficient (Wildman–Crippen LogP) is 7.29. The van der Waals surface area contributed by atoms with Crippen LogP contribution in [0.15, 0.2) is 87.5 Å². The molecule has 118 valence electrons. The average Bonchev–Trinajstić information content (AvgIpc) is 2.56. The molecule has 0 heterocycles. The molecular formula is C18H13BrCl2OS. The molecule has 0 saturated heterocycles. The summed E-state index contributed by atoms with van der Waals surface area (Å²) in [5.41, 5.74) is 0. The van der Waals surface area contributed by atoms with Crippen molar-refractivity contribution in [1.29, 1.82) is 0 Å². The Morgan fingerprint density at radius 1 is 0.609 bits per heavy atom. The fourth-order valence-corrected chi connectivity index (χ4v) is 6.83. The van der Waals surface area contributed by atoms with Crippen LogP contribution >= 0.6 is 46.5 Å². The smallest absolute Gasteiger partial charge is 0.115 e. The predicted molar refractivity (Wildman–Crippen MR) is 102 cm³/mol. The van der Waals surface area contributed by atoms with E-state index in [1.807, 2.05) is 60.7 Å². The van der Waals surface area contributed by atoms with Gasteiger partial charge in [-0.3, -0.25) is 0 Å². The van der Waals surface area contributed by atoms with Crippen molar-refractivity contribution in [1.82, 2.24) is 0 Å². The maximum absolute atomic E-state index is 9.60. The van der Waals surface area contributed by atoms with Crippen LogP contribution in [0.2, 0.25) is 10.0 Å². The molecule has 0 atom stereocenters. The molecule has 3 aromatic carbocycles. The van der Waals surface area contributed by atoms with Gasteiger partial charge in [0, 0.05) is 24.7 Å². The van der Waals surface area contributed by atoms with Crippen LogP contribution in [-0.4, -0.2) is 5.11 Å². The quantitative estimate of drug-likeness (QED) is 0.465. The Hall–Kier alpha value is -1.13. The maximum Gasteiger partial charge on any atom is 0.115 e. The molecule has 0 unspecified atom stereocenters. The van der Waals surface area contributed by atoms with Gasteiger partial charge < -0.3 is 5.11 Å². The van der Waals surface area contributed by atoms with Gasteiger partial charge in [0.05, 0.1) is 0 Å². The van der Waals surface area contributed by atoms with E-state index in [0.717, 1.165) is 14.7 Å². The SMILES string of the molecule is Oc1ccc(S(Br)(c2ccc(Cl)cc2)c2ccc(Cl)cc2)cc1. The molecule has 0 saturated carbocycles. The molecule has 23 heavy (non-hydrogen) atoms. The Morgan fingerprint density at radius 2 is 0.913 bits per heavy atom. The van der Waals surface area contributed by atoms with Crippen molar-refractivity contribution in [2.24, 2.45) is 0 Å². The number of halogens is 3. The minimum atomic E-state index is -1.64. The topological polar surface area (TPSA) is 20.2 Å². The normalized spacial score (nSPS) is 12.1. The first-order chi connectivity index (χ1) is 11.0. The van der Waals surface area contributed by atoms with E-state index in [1.165, 1.54) is 0 Å². The summed E-state index contributed by atoms with van der Waals surface area (Å²) in [4.78, 5) is 3.32. The Kier molecular flexibility index (Phi) is 4.93. The van der Waals surface area contributed by atoms with Crippen molar-refractivity contribution in [3.05, 3.63) is 82.8 Å². The van der Waals surface area contributed by atoms with Gasteiger partial charge in [-0.25, -0.2) is 0 Å². The highest BCUT2D eigenvalue weighted by atomic mass is 79.9. The second kappa shape index (κ2) is 6.78. The standard InChI is InChI=1S/C18H13BrCl2OS/c19-23(16-7-1-13(20)2-8-16,17-9-3-14(21)4-10-17)18-11-5-15(22)6-12-18/h1-12,22H. The second-order valence-electron chi connectivity index (χ2n) is 4.94. The Labute approximate surface area is 154 Å². The lowest BCUT2D eigenvalue weighted by atomic mass is 10.3. The van der Waals surface area contributed by atoms with E-state index >= 15 is 0 Å². The zero-order chi connectivity index (χ0) is 16.4. The fourth-order valence-electron chi connectivity index (χ4n) is 2.29. The number of aromatic hydroxyl groups is 1. The molecule has 3 rings (SSSR count). The fraction of sp³-hybridized carbons (Fsp3) is 0. The Bertz CT molecular complexity index is 691. The van der Waals surface area contributed by atoms with Gasteiger partial charge in [0.2, 0.25) is 0 Å². The summed E-state index contributed by atoms with van der Waals surface area (Å²) in [5, 5.41) is 11.0. The van der Waals surface area contributed by atoms with E-state index in [4.69, 9.17) is 23.2 Å². The van der Waals surface area contributed by atoms with Gasteiger partial charge in [0.25, 0.3) is 0 Å². The number of hydrogen-bond donors (Lipinski definition) is 1. The van der Waals surface area contributed by atoms with E-state index in [0.29, 0.717) is 10.0 Å². The molecule has 0 aliphatic carbocycles. The maximum atomic E-state index is 9.60. The van der Waals surface area contributed by atoms with Gasteiger partial charge in [-0.15, -0.1) is 8.46 Å². The summed E-state index contributed by atoms with van der Waals surface area (Å²) < 4.78 is 0. The summed E-state index contributed by atoms with van der Waals surface area (Å²) >= 11 is 16.1. The third-order valence-electron chi connectivity index (χ3n) is 3.44. The van der Waals surface area contributed by atoms with E-state index in [2.05, 4.69) is 14.8 Å². The molecule has 3 aromatic rings. The zero-order valence-electron chi connectivity index (χ0n) is 11.9. The van der Waals surface area contributed by atoms with E-state index < -0.39 is 8.46 Å². The lowest BCUT2D eigenvalue weighted by Crippen LogP contribution is -1.96. The average molecular weight is 428 g/mol. The molecule has 0 aliphatic rings. The first kappa shape index (κ1) is 16.7. The summed E-state index contributed by atoms with van der Waals surface area (Å²) in [6.07, 6.45) is 0. The lowest BCUT2D eigenvalue weighted by molar-refractivity contribution is 0.475. The number of phenolic OH excluding ortho intramolecular Hbond substituents is 1. The van der Waals surface area contributed by atoms with E-state index in [9.17, 15) is 5.11 Å². The summed E-state index contributed by atoms with van der Waals surface area (Å²) in [6.45, 7) is 0. The molecule has 0 radical (unpaired) electrons. The van der Waals surface area contributed by atoms with Crippen LogP contribution < -0.4 is 0 Å². The molecule has 1 N–H and O–H groups in total. The molecule has 0 bridgehead atoms. The molecule has 0 amide bonds. The van der Waals surface area contributed by atoms with Crippen LogP contribution in [0, 0.1) is 0 Å². The van der Waals surface area contributed by atoms with Crippen LogP contribution in [0.1, 0.15) is 0 Å². The number of phenols is 1. The minimum Gasteiger partial charge on any atom is -0.508 e. The lowest BCUT2D eigenvalue weighted by Gasteiger charge is -2.35. The van der Waals surface area contributed by atoms with E-state index in [-0.39, 0.29) is 5.75 Å². The van der Waals surface area contributed by atoms with Crippen LogP contribution in [0.4, 0.5) is 0 Å². The van der Waals surface area contributed by atoms with Crippen molar-refractivity contribution in [3.8, 4) is 5.75 Å². The third kappa shape index (κ3) is 3.38. The first-order valence-electron chi connectivity index (χ1n) is 6.83. The van der Waals surface area contributed by atoms with Crippen molar-refractivity contribution >= 4 is 46.5 Å². The van der Waals surface area contributed by atoms with Gasteiger partial charge in [-0.1, -0.05) is 23.2 Å². The molecule has 0 aromatic heterocycles. The molecular weight excluding hydrogens is 415 g/mol. The summed E-state index contributed by atoms with van der Waals surface area (Å²) in [5.74, 6) is 0.246. The summed E-state index contributed by atoms with van der Waals surface area (Å²) in [7, 11) is -1.64. The van der Waals surface area contributed by atoms with Crippen LogP contribution in [-0.2, 0) is 0 Å². The highest BCUT2D eigenvalue weighted by molar-refractivity contribution is 9.58. The van der Waals surface area contributed by atoms with E-state index in [1.54, 1.807) is 12.1 Å². The minimum absolute atomic E-state index is 0.246. The van der Waals surface area contributed by atoms with Crippen molar-refractivity contribution in [3.63, 3.8) is 0 Å². The van der Waals surface area contributed by atoms with Gasteiger partial charge in [0.15, 0.2) is 0 Å².